The van der Waals surface area contributed by atoms with E-state index < -0.39 is 5.41 Å². The fourth-order valence-electron chi connectivity index (χ4n) is 6.06. The third-order valence-electron chi connectivity index (χ3n) is 7.93. The van der Waals surface area contributed by atoms with Crippen LogP contribution in [-0.4, -0.2) is 30.9 Å². The van der Waals surface area contributed by atoms with Crippen LogP contribution in [0.3, 0.4) is 0 Å². The van der Waals surface area contributed by atoms with Crippen LogP contribution in [0.5, 0.6) is 0 Å². The van der Waals surface area contributed by atoms with Crippen molar-refractivity contribution in [3.05, 3.63) is 60.2 Å². The van der Waals surface area contributed by atoms with Crippen LogP contribution >= 0.6 is 0 Å². The summed E-state index contributed by atoms with van der Waals surface area (Å²) in [4.78, 5) is 16.7. The van der Waals surface area contributed by atoms with Crippen molar-refractivity contribution in [2.45, 2.75) is 52.1 Å². The summed E-state index contributed by atoms with van der Waals surface area (Å²) in [5.74, 6) is 1.38. The molecule has 2 aromatic rings. The van der Waals surface area contributed by atoms with Gasteiger partial charge in [-0.3, -0.25) is 9.78 Å². The second-order valence-electron chi connectivity index (χ2n) is 10.8. The highest BCUT2D eigenvalue weighted by atomic mass is 19.1. The van der Waals surface area contributed by atoms with Crippen molar-refractivity contribution in [1.29, 1.82) is 0 Å². The molecule has 1 aromatic heterocycles. The van der Waals surface area contributed by atoms with Crippen LogP contribution in [0.2, 0.25) is 0 Å². The molecule has 0 radical (unpaired) electrons. The van der Waals surface area contributed by atoms with Crippen LogP contribution in [0.4, 0.5) is 4.39 Å². The van der Waals surface area contributed by atoms with Crippen LogP contribution < -0.4 is 5.73 Å². The molecule has 1 amide bonds. The lowest BCUT2D eigenvalue weighted by molar-refractivity contribution is -0.127. The maximum absolute atomic E-state index is 13.6. The lowest BCUT2D eigenvalue weighted by Gasteiger charge is -2.34. The SMILES string of the molecule is COCO[C@@H]1CC[C@@H]2[C@@H](C1)C[C@H](CC(C)(C)C(N)=O)[C@H]2C=Cc1ccc(-c2cccc(F)c2)cn1. The molecule has 2 aliphatic rings. The topological polar surface area (TPSA) is 74.4 Å². The minimum absolute atomic E-state index is 0.237. The number of allylic oxidation sites excluding steroid dienone is 1. The number of hydrogen-bond acceptors (Lipinski definition) is 4. The highest BCUT2D eigenvalue weighted by Gasteiger charge is 2.46. The molecule has 2 saturated carbocycles. The molecule has 1 aromatic carbocycles. The maximum Gasteiger partial charge on any atom is 0.223 e. The first-order valence-electron chi connectivity index (χ1n) is 12.6. The monoisotopic (exact) mass is 480 g/mol. The summed E-state index contributed by atoms with van der Waals surface area (Å²) in [5, 5.41) is 0. The minimum atomic E-state index is -0.541. The quantitative estimate of drug-likeness (QED) is 0.457. The number of methoxy groups -OCH3 is 1. The number of hydrogen-bond donors (Lipinski definition) is 1. The van der Waals surface area contributed by atoms with E-state index in [9.17, 15) is 9.18 Å². The molecule has 4 rings (SSSR count). The summed E-state index contributed by atoms with van der Waals surface area (Å²) in [7, 11) is 1.66. The lowest BCUT2D eigenvalue weighted by Crippen LogP contribution is -2.34. The average Bonchev–Trinajstić information content (AvgIpc) is 3.17. The van der Waals surface area contributed by atoms with Gasteiger partial charge >= 0.3 is 0 Å². The van der Waals surface area contributed by atoms with E-state index in [1.807, 2.05) is 32.0 Å². The van der Waals surface area contributed by atoms with Crippen molar-refractivity contribution in [3.8, 4) is 11.1 Å². The van der Waals surface area contributed by atoms with Gasteiger partial charge in [0.15, 0.2) is 0 Å². The zero-order chi connectivity index (χ0) is 25.0. The normalized spacial score (nSPS) is 26.7. The van der Waals surface area contributed by atoms with E-state index in [1.165, 1.54) is 12.1 Å². The summed E-state index contributed by atoms with van der Waals surface area (Å²) >= 11 is 0. The first kappa shape index (κ1) is 25.5. The fraction of sp³-hybridized carbons (Fsp3) is 0.517. The second kappa shape index (κ2) is 11.0. The first-order chi connectivity index (χ1) is 16.8. The number of fused-ring (bicyclic) bond motifs is 1. The van der Waals surface area contributed by atoms with E-state index in [1.54, 1.807) is 19.4 Å². The van der Waals surface area contributed by atoms with Crippen molar-refractivity contribution in [2.24, 2.45) is 34.8 Å². The Balaban J connectivity index is 1.51. The number of pyridine rings is 1. The molecule has 1 heterocycles. The van der Waals surface area contributed by atoms with Gasteiger partial charge in [-0.2, -0.15) is 0 Å². The molecule has 0 spiro atoms. The minimum Gasteiger partial charge on any atom is -0.369 e. The van der Waals surface area contributed by atoms with Gasteiger partial charge < -0.3 is 15.2 Å². The number of primary amides is 1. The Kier molecular flexibility index (Phi) is 8.02. The molecular formula is C29H37FN2O3. The molecule has 2 fully saturated rings. The number of rotatable bonds is 9. The molecular weight excluding hydrogens is 443 g/mol. The fourth-order valence-corrected chi connectivity index (χ4v) is 6.06. The number of carbonyl (C=O) groups is 1. The number of halogens is 1. The number of amides is 1. The number of ether oxygens (including phenoxy) is 2. The van der Waals surface area contributed by atoms with Crippen LogP contribution in [0.25, 0.3) is 17.2 Å². The summed E-state index contributed by atoms with van der Waals surface area (Å²) in [6, 6.07) is 10.5. The Hall–Kier alpha value is -2.57. The third kappa shape index (κ3) is 6.17. The highest BCUT2D eigenvalue weighted by molar-refractivity contribution is 5.79. The van der Waals surface area contributed by atoms with Gasteiger partial charge in [0, 0.05) is 24.3 Å². The Morgan fingerprint density at radius 1 is 1.20 bits per heavy atom. The molecule has 0 unspecified atom stereocenters. The van der Waals surface area contributed by atoms with Gasteiger partial charge in [-0.25, -0.2) is 4.39 Å². The summed E-state index contributed by atoms with van der Waals surface area (Å²) in [6.45, 7) is 4.24. The average molecular weight is 481 g/mol. The van der Waals surface area contributed by atoms with E-state index >= 15 is 0 Å². The number of aromatic nitrogens is 1. The Labute approximate surface area is 207 Å². The zero-order valence-corrected chi connectivity index (χ0v) is 21.0. The summed E-state index contributed by atoms with van der Waals surface area (Å²) in [5.41, 5.74) is 7.76. The van der Waals surface area contributed by atoms with Gasteiger partial charge in [-0.1, -0.05) is 38.1 Å². The maximum atomic E-state index is 13.6. The standard InChI is InChI=1S/C29H37FN2O3/c1-29(2,28(31)33)16-22-13-21-15-25(35-18-34-3)10-12-26(21)27(22)11-9-24-8-7-20(17-32-24)19-5-4-6-23(30)14-19/h4-9,11,14,17,21-22,25-27H,10,12-13,15-16,18H2,1-3H3,(H2,31,33)/t21-,22-,25-,26-,27-/m1/s1. The van der Waals surface area contributed by atoms with E-state index in [0.29, 0.717) is 30.5 Å². The van der Waals surface area contributed by atoms with Crippen molar-refractivity contribution >= 4 is 12.0 Å². The summed E-state index contributed by atoms with van der Waals surface area (Å²) in [6.07, 6.45) is 11.4. The second-order valence-corrected chi connectivity index (χ2v) is 10.8. The molecule has 5 atom stereocenters. The predicted octanol–water partition coefficient (Wildman–Crippen LogP) is 5.84. The van der Waals surface area contributed by atoms with Crippen LogP contribution in [0.15, 0.2) is 48.7 Å². The summed E-state index contributed by atoms with van der Waals surface area (Å²) < 4.78 is 24.6. The van der Waals surface area contributed by atoms with Crippen molar-refractivity contribution in [3.63, 3.8) is 0 Å². The molecule has 6 heteroatoms. The van der Waals surface area contributed by atoms with E-state index in [4.69, 9.17) is 15.2 Å². The third-order valence-corrected chi connectivity index (χ3v) is 7.93. The molecule has 35 heavy (non-hydrogen) atoms. The van der Waals surface area contributed by atoms with Gasteiger partial charge in [0.05, 0.1) is 11.8 Å². The van der Waals surface area contributed by atoms with Crippen molar-refractivity contribution < 1.29 is 18.7 Å². The Morgan fingerprint density at radius 2 is 2.03 bits per heavy atom. The van der Waals surface area contributed by atoms with Crippen molar-refractivity contribution in [1.82, 2.24) is 4.98 Å². The van der Waals surface area contributed by atoms with E-state index in [-0.39, 0.29) is 17.8 Å². The largest absolute Gasteiger partial charge is 0.369 e. The Morgan fingerprint density at radius 3 is 2.71 bits per heavy atom. The number of nitrogens with zero attached hydrogens (tertiary/aromatic N) is 1. The van der Waals surface area contributed by atoms with Gasteiger partial charge in [-0.05, 0) is 85.6 Å². The molecule has 188 valence electrons. The van der Waals surface area contributed by atoms with E-state index in [2.05, 4.69) is 17.1 Å². The van der Waals surface area contributed by atoms with Crippen LogP contribution in [0, 0.1) is 34.9 Å². The van der Waals surface area contributed by atoms with Crippen molar-refractivity contribution in [2.75, 3.05) is 13.9 Å². The predicted molar refractivity (Wildman–Crippen MR) is 135 cm³/mol. The zero-order valence-electron chi connectivity index (χ0n) is 21.0. The number of nitrogens with two attached hydrogens (primary N) is 1. The van der Waals surface area contributed by atoms with Gasteiger partial charge in [-0.15, -0.1) is 0 Å². The van der Waals surface area contributed by atoms with Crippen LogP contribution in [0.1, 0.15) is 51.6 Å². The number of carbonyl (C=O) groups excluding carboxylic acids is 1. The molecule has 2 N–H and O–H groups in total. The lowest BCUT2D eigenvalue weighted by atomic mass is 9.74. The number of benzene rings is 1. The van der Waals surface area contributed by atoms with Gasteiger partial charge in [0.1, 0.15) is 12.6 Å². The Bertz CT molecular complexity index is 1040. The van der Waals surface area contributed by atoms with Gasteiger partial charge in [0.2, 0.25) is 5.91 Å². The highest BCUT2D eigenvalue weighted by Crippen LogP contribution is 2.53. The van der Waals surface area contributed by atoms with E-state index in [0.717, 1.165) is 48.9 Å². The molecule has 0 bridgehead atoms. The molecule has 5 nitrogen and oxygen atoms in total. The molecule has 0 aliphatic heterocycles. The van der Waals surface area contributed by atoms with Crippen LogP contribution in [-0.2, 0) is 14.3 Å². The molecule has 0 saturated heterocycles. The molecule has 2 aliphatic carbocycles. The first-order valence-corrected chi connectivity index (χ1v) is 12.6. The van der Waals surface area contributed by atoms with Gasteiger partial charge in [0.25, 0.3) is 0 Å². The smallest absolute Gasteiger partial charge is 0.223 e.